The molecule has 2 aromatic rings. The lowest BCUT2D eigenvalue weighted by molar-refractivity contribution is 0.177. The third-order valence-electron chi connectivity index (χ3n) is 2.77. The van der Waals surface area contributed by atoms with Crippen molar-refractivity contribution < 1.29 is 9.53 Å². The summed E-state index contributed by atoms with van der Waals surface area (Å²) in [5.74, 6) is 0. The Hall–Kier alpha value is -2.93. The van der Waals surface area contributed by atoms with E-state index in [1.165, 1.54) is 0 Å². The lowest BCUT2D eigenvalue weighted by atomic mass is 10.1. The van der Waals surface area contributed by atoms with Gasteiger partial charge in [0.1, 0.15) is 12.3 Å². The number of amides is 1. The predicted molar refractivity (Wildman–Crippen MR) is 94.3 cm³/mol. The molecule has 0 aliphatic carbocycles. The maximum atomic E-state index is 11.8. The van der Waals surface area contributed by atoms with Crippen LogP contribution in [-0.2, 0) is 4.74 Å². The molecule has 0 aromatic heterocycles. The summed E-state index contributed by atoms with van der Waals surface area (Å²) in [6.07, 6.45) is -0.574. The smallest absolute Gasteiger partial charge is 0.412 e. The van der Waals surface area contributed by atoms with Crippen LogP contribution in [0, 0.1) is 0 Å². The van der Waals surface area contributed by atoms with E-state index >= 15 is 0 Å². The van der Waals surface area contributed by atoms with E-state index in [1.54, 1.807) is 12.1 Å². The summed E-state index contributed by atoms with van der Waals surface area (Å²) >= 11 is 4.73. The number of carbonyl (C=O) groups is 1. The number of benzene rings is 2. The molecule has 1 amide bonds. The number of ether oxygens (including phenoxy) is 1. The number of para-hydroxylation sites is 1. The van der Waals surface area contributed by atoms with Crippen LogP contribution >= 0.6 is 12.2 Å². The number of carbonyl (C=O) groups excluding carboxylic acids is 1. The molecule has 0 atom stereocenters. The van der Waals surface area contributed by atoms with Gasteiger partial charge in [-0.15, -0.1) is 0 Å². The molecular formula is C16H16N4O2S. The lowest BCUT2D eigenvalue weighted by Crippen LogP contribution is -2.27. The minimum Gasteiger partial charge on any atom is -0.443 e. The Morgan fingerprint density at radius 2 is 1.70 bits per heavy atom. The third kappa shape index (κ3) is 5.76. The standard InChI is InChI=1S/C16H16N4O2S/c17-15(23)20-19-14(12-7-3-1-4-8-12)11-22-16(21)18-13-9-5-2-6-10-13/h1-10H,11H2,(H,18,21)(H3,17,20,23)/b19-14-. The summed E-state index contributed by atoms with van der Waals surface area (Å²) < 4.78 is 5.19. The van der Waals surface area contributed by atoms with E-state index < -0.39 is 6.09 Å². The number of hydrogen-bond acceptors (Lipinski definition) is 4. The molecule has 2 aromatic carbocycles. The molecule has 0 spiro atoms. The normalized spacial score (nSPS) is 10.7. The Kier molecular flexibility index (Phi) is 6.07. The average Bonchev–Trinajstić information content (AvgIpc) is 2.56. The van der Waals surface area contributed by atoms with Gasteiger partial charge in [-0.05, 0) is 24.4 Å². The van der Waals surface area contributed by atoms with Gasteiger partial charge in [-0.2, -0.15) is 5.10 Å². The van der Waals surface area contributed by atoms with Crippen LogP contribution in [0.4, 0.5) is 10.5 Å². The molecule has 0 bridgehead atoms. The van der Waals surface area contributed by atoms with Crippen LogP contribution in [0.1, 0.15) is 5.56 Å². The molecule has 0 radical (unpaired) electrons. The van der Waals surface area contributed by atoms with E-state index in [9.17, 15) is 4.79 Å². The van der Waals surface area contributed by atoms with Crippen molar-refractivity contribution >= 4 is 34.8 Å². The van der Waals surface area contributed by atoms with Crippen LogP contribution < -0.4 is 16.5 Å². The summed E-state index contributed by atoms with van der Waals surface area (Å²) in [4.78, 5) is 11.8. The first-order chi connectivity index (χ1) is 11.1. The molecular weight excluding hydrogens is 312 g/mol. The summed E-state index contributed by atoms with van der Waals surface area (Å²) in [6.45, 7) is -0.0295. The van der Waals surface area contributed by atoms with Crippen molar-refractivity contribution in [3.05, 3.63) is 66.2 Å². The monoisotopic (exact) mass is 328 g/mol. The molecule has 0 aliphatic rings. The first-order valence-electron chi connectivity index (χ1n) is 6.81. The van der Waals surface area contributed by atoms with Gasteiger partial charge in [-0.25, -0.2) is 4.79 Å². The number of rotatable bonds is 5. The van der Waals surface area contributed by atoms with Gasteiger partial charge in [-0.1, -0.05) is 48.5 Å². The second-order valence-corrected chi connectivity index (χ2v) is 4.91. The zero-order valence-electron chi connectivity index (χ0n) is 12.2. The highest BCUT2D eigenvalue weighted by atomic mass is 32.1. The topological polar surface area (TPSA) is 88.7 Å². The van der Waals surface area contributed by atoms with Crippen molar-refractivity contribution in [2.45, 2.75) is 0 Å². The quantitative estimate of drug-likeness (QED) is 0.446. The summed E-state index contributed by atoms with van der Waals surface area (Å²) in [6, 6.07) is 18.3. The maximum absolute atomic E-state index is 11.8. The number of hydrogen-bond donors (Lipinski definition) is 3. The van der Waals surface area contributed by atoms with Crippen molar-refractivity contribution in [2.75, 3.05) is 11.9 Å². The van der Waals surface area contributed by atoms with Gasteiger partial charge in [0.15, 0.2) is 5.11 Å². The van der Waals surface area contributed by atoms with E-state index in [4.69, 9.17) is 22.7 Å². The average molecular weight is 328 g/mol. The fourth-order valence-electron chi connectivity index (χ4n) is 1.74. The largest absolute Gasteiger partial charge is 0.443 e. The number of hydrazone groups is 1. The molecule has 0 saturated carbocycles. The van der Waals surface area contributed by atoms with Crippen LogP contribution in [0.3, 0.4) is 0 Å². The zero-order chi connectivity index (χ0) is 16.5. The lowest BCUT2D eigenvalue weighted by Gasteiger charge is -2.10. The van der Waals surface area contributed by atoms with Gasteiger partial charge in [0, 0.05) is 11.3 Å². The molecule has 0 fully saturated rings. The first-order valence-corrected chi connectivity index (χ1v) is 7.22. The number of nitrogens with one attached hydrogen (secondary N) is 2. The number of thiocarbonyl (C=S) groups is 1. The highest BCUT2D eigenvalue weighted by Gasteiger charge is 2.09. The molecule has 2 rings (SSSR count). The van der Waals surface area contributed by atoms with E-state index in [1.807, 2.05) is 48.5 Å². The Bertz CT molecular complexity index is 690. The SMILES string of the molecule is NC(=S)N/N=C(/COC(=O)Nc1ccccc1)c1ccccc1. The Labute approximate surface area is 139 Å². The Morgan fingerprint density at radius 1 is 1.09 bits per heavy atom. The second kappa shape index (κ2) is 8.50. The predicted octanol–water partition coefficient (Wildman–Crippen LogP) is 2.47. The first kappa shape index (κ1) is 16.4. The van der Waals surface area contributed by atoms with Crippen molar-refractivity contribution in [3.63, 3.8) is 0 Å². The fraction of sp³-hybridized carbons (Fsp3) is 0.0625. The fourth-order valence-corrected chi connectivity index (χ4v) is 1.79. The van der Waals surface area contributed by atoms with Crippen LogP contribution in [0.2, 0.25) is 0 Å². The van der Waals surface area contributed by atoms with Gasteiger partial charge in [-0.3, -0.25) is 10.7 Å². The van der Waals surface area contributed by atoms with E-state index in [-0.39, 0.29) is 11.7 Å². The van der Waals surface area contributed by atoms with Gasteiger partial charge in [0.25, 0.3) is 0 Å². The molecule has 4 N–H and O–H groups in total. The minimum atomic E-state index is -0.574. The van der Waals surface area contributed by atoms with E-state index in [0.717, 1.165) is 5.56 Å². The summed E-state index contributed by atoms with van der Waals surface area (Å²) in [5, 5.41) is 6.73. The summed E-state index contributed by atoms with van der Waals surface area (Å²) in [7, 11) is 0. The molecule has 0 saturated heterocycles. The highest BCUT2D eigenvalue weighted by Crippen LogP contribution is 2.06. The van der Waals surface area contributed by atoms with E-state index in [0.29, 0.717) is 11.4 Å². The van der Waals surface area contributed by atoms with Gasteiger partial charge >= 0.3 is 6.09 Å². The molecule has 0 aliphatic heterocycles. The molecule has 118 valence electrons. The number of anilines is 1. The highest BCUT2D eigenvalue weighted by molar-refractivity contribution is 7.80. The number of nitrogens with zero attached hydrogens (tertiary/aromatic N) is 1. The maximum Gasteiger partial charge on any atom is 0.412 e. The third-order valence-corrected chi connectivity index (χ3v) is 2.86. The second-order valence-electron chi connectivity index (χ2n) is 4.47. The van der Waals surface area contributed by atoms with Crippen molar-refractivity contribution in [2.24, 2.45) is 10.8 Å². The van der Waals surface area contributed by atoms with E-state index in [2.05, 4.69) is 15.8 Å². The van der Waals surface area contributed by atoms with Crippen molar-refractivity contribution in [3.8, 4) is 0 Å². The molecule has 6 nitrogen and oxygen atoms in total. The van der Waals surface area contributed by atoms with Crippen molar-refractivity contribution in [1.29, 1.82) is 0 Å². The number of nitrogens with two attached hydrogens (primary N) is 1. The molecule has 0 unspecified atom stereocenters. The Morgan fingerprint density at radius 3 is 2.30 bits per heavy atom. The van der Waals surface area contributed by atoms with Crippen LogP contribution in [0.25, 0.3) is 0 Å². The summed E-state index contributed by atoms with van der Waals surface area (Å²) in [5.41, 5.74) is 9.82. The zero-order valence-corrected chi connectivity index (χ0v) is 13.0. The molecule has 23 heavy (non-hydrogen) atoms. The Balaban J connectivity index is 1.99. The minimum absolute atomic E-state index is 0.0295. The van der Waals surface area contributed by atoms with Gasteiger partial charge < -0.3 is 10.5 Å². The van der Waals surface area contributed by atoms with Crippen LogP contribution in [-0.4, -0.2) is 23.5 Å². The van der Waals surface area contributed by atoms with Crippen LogP contribution in [0.15, 0.2) is 65.8 Å². The van der Waals surface area contributed by atoms with Gasteiger partial charge in [0.2, 0.25) is 0 Å². The van der Waals surface area contributed by atoms with Crippen LogP contribution in [0.5, 0.6) is 0 Å². The van der Waals surface area contributed by atoms with Crippen molar-refractivity contribution in [1.82, 2.24) is 5.43 Å². The molecule has 7 heteroatoms. The molecule has 0 heterocycles. The van der Waals surface area contributed by atoms with Gasteiger partial charge in [0.05, 0.1) is 0 Å².